The van der Waals surface area contributed by atoms with Crippen LogP contribution in [0.15, 0.2) is 78.9 Å². The zero-order valence-electron chi connectivity index (χ0n) is 19.5. The minimum Gasteiger partial charge on any atom is -0.369 e. The zero-order valence-corrected chi connectivity index (χ0v) is 19.5. The molecule has 170 valence electrons. The number of likely N-dealkylation sites (tertiary alicyclic amines) is 1. The maximum absolute atomic E-state index is 13.2. The molecule has 5 rings (SSSR count). The Labute approximate surface area is 197 Å². The summed E-state index contributed by atoms with van der Waals surface area (Å²) in [5, 5.41) is 0. The molecule has 3 nitrogen and oxygen atoms in total. The third kappa shape index (κ3) is 4.11. The lowest BCUT2D eigenvalue weighted by molar-refractivity contribution is -0.123. The van der Waals surface area contributed by atoms with Gasteiger partial charge in [-0.3, -0.25) is 4.79 Å². The van der Waals surface area contributed by atoms with Crippen molar-refractivity contribution in [2.75, 3.05) is 19.6 Å². The molecule has 1 aliphatic heterocycles. The average molecular weight is 439 g/mol. The summed E-state index contributed by atoms with van der Waals surface area (Å²) in [5.41, 5.74) is 11.9. The highest BCUT2D eigenvalue weighted by Crippen LogP contribution is 2.43. The summed E-state index contributed by atoms with van der Waals surface area (Å²) in [6, 6.07) is 27.4. The minimum absolute atomic E-state index is 0.153. The van der Waals surface area contributed by atoms with E-state index in [2.05, 4.69) is 54.3 Å². The molecule has 1 aliphatic carbocycles. The lowest BCUT2D eigenvalue weighted by atomic mass is 9.64. The van der Waals surface area contributed by atoms with Crippen LogP contribution in [-0.2, 0) is 29.5 Å². The summed E-state index contributed by atoms with van der Waals surface area (Å²) in [5.74, 6) is 0.674. The Morgan fingerprint density at radius 3 is 2.21 bits per heavy atom. The molecule has 2 unspecified atom stereocenters. The van der Waals surface area contributed by atoms with E-state index in [9.17, 15) is 4.79 Å². The fraction of sp³-hybridized carbons (Fsp3) is 0.367. The smallest absolute Gasteiger partial charge is 0.232 e. The van der Waals surface area contributed by atoms with Crippen LogP contribution in [-0.4, -0.2) is 30.4 Å². The SMILES string of the molecule is CC1Cc2ccc(CCN3CCC(C(C(N)=O)(c4ccccc4)c4ccccc4)C3)cc2C1. The fourth-order valence-corrected chi connectivity index (χ4v) is 6.25. The molecule has 3 aromatic rings. The van der Waals surface area contributed by atoms with Crippen LogP contribution in [0.5, 0.6) is 0 Å². The second-order valence-electron chi connectivity index (χ2n) is 10.1. The monoisotopic (exact) mass is 438 g/mol. The van der Waals surface area contributed by atoms with Crippen molar-refractivity contribution in [3.63, 3.8) is 0 Å². The third-order valence-electron chi connectivity index (χ3n) is 7.86. The van der Waals surface area contributed by atoms with Gasteiger partial charge in [-0.25, -0.2) is 0 Å². The van der Waals surface area contributed by atoms with Crippen LogP contribution in [0.1, 0.15) is 41.2 Å². The van der Waals surface area contributed by atoms with Crippen LogP contribution in [0.3, 0.4) is 0 Å². The van der Waals surface area contributed by atoms with Gasteiger partial charge in [-0.1, -0.05) is 85.8 Å². The number of hydrogen-bond donors (Lipinski definition) is 1. The van der Waals surface area contributed by atoms with E-state index in [1.54, 1.807) is 5.56 Å². The number of rotatable bonds is 7. The summed E-state index contributed by atoms with van der Waals surface area (Å²) in [7, 11) is 0. The van der Waals surface area contributed by atoms with Crippen molar-refractivity contribution in [2.24, 2.45) is 17.6 Å². The van der Waals surface area contributed by atoms with Crippen molar-refractivity contribution < 1.29 is 4.79 Å². The largest absolute Gasteiger partial charge is 0.369 e. The Hall–Kier alpha value is -2.91. The average Bonchev–Trinajstić information content (AvgIpc) is 3.45. The Bertz CT molecular complexity index is 1070. The van der Waals surface area contributed by atoms with Gasteiger partial charge in [-0.15, -0.1) is 0 Å². The Balaban J connectivity index is 1.36. The molecule has 0 saturated carbocycles. The lowest BCUT2D eigenvalue weighted by Crippen LogP contribution is -2.49. The van der Waals surface area contributed by atoms with Gasteiger partial charge in [0.05, 0.1) is 0 Å². The summed E-state index contributed by atoms with van der Waals surface area (Å²) in [4.78, 5) is 15.8. The first-order valence-corrected chi connectivity index (χ1v) is 12.3. The van der Waals surface area contributed by atoms with Crippen molar-refractivity contribution in [3.8, 4) is 0 Å². The van der Waals surface area contributed by atoms with Gasteiger partial charge in [0, 0.05) is 13.1 Å². The number of nitrogens with zero attached hydrogens (tertiary/aromatic N) is 1. The molecular weight excluding hydrogens is 404 g/mol. The number of carbonyl (C=O) groups excluding carboxylic acids is 1. The van der Waals surface area contributed by atoms with Crippen LogP contribution >= 0.6 is 0 Å². The molecule has 1 fully saturated rings. The second-order valence-corrected chi connectivity index (χ2v) is 10.1. The van der Waals surface area contributed by atoms with Gasteiger partial charge in [-0.05, 0) is 71.9 Å². The van der Waals surface area contributed by atoms with Gasteiger partial charge in [-0.2, -0.15) is 0 Å². The van der Waals surface area contributed by atoms with Gasteiger partial charge < -0.3 is 10.6 Å². The Kier molecular flexibility index (Phi) is 6.07. The molecule has 1 amide bonds. The summed E-state index contributed by atoms with van der Waals surface area (Å²) in [6.45, 7) is 5.24. The van der Waals surface area contributed by atoms with Gasteiger partial charge in [0.1, 0.15) is 5.41 Å². The van der Waals surface area contributed by atoms with Crippen LogP contribution in [0.2, 0.25) is 0 Å². The van der Waals surface area contributed by atoms with E-state index < -0.39 is 5.41 Å². The molecule has 2 aliphatic rings. The molecule has 3 heteroatoms. The summed E-state index contributed by atoms with van der Waals surface area (Å²) >= 11 is 0. The molecule has 3 aromatic carbocycles. The van der Waals surface area contributed by atoms with Crippen molar-refractivity contribution in [1.29, 1.82) is 0 Å². The van der Waals surface area contributed by atoms with Crippen molar-refractivity contribution in [2.45, 2.75) is 38.0 Å². The minimum atomic E-state index is -0.805. The number of amides is 1. The number of benzene rings is 3. The van der Waals surface area contributed by atoms with Crippen molar-refractivity contribution >= 4 is 5.91 Å². The van der Waals surface area contributed by atoms with Gasteiger partial charge in [0.15, 0.2) is 0 Å². The second kappa shape index (κ2) is 9.15. The van der Waals surface area contributed by atoms with Crippen LogP contribution < -0.4 is 5.73 Å². The van der Waals surface area contributed by atoms with Gasteiger partial charge in [0.25, 0.3) is 0 Å². The lowest BCUT2D eigenvalue weighted by Gasteiger charge is -2.37. The molecule has 0 spiro atoms. The predicted octanol–water partition coefficient (Wildman–Crippen LogP) is 4.76. The molecule has 33 heavy (non-hydrogen) atoms. The number of carbonyl (C=O) groups is 1. The van der Waals surface area contributed by atoms with E-state index in [0.29, 0.717) is 0 Å². The van der Waals surface area contributed by atoms with Crippen LogP contribution in [0.25, 0.3) is 0 Å². The molecule has 0 radical (unpaired) electrons. The third-order valence-corrected chi connectivity index (χ3v) is 7.86. The Morgan fingerprint density at radius 1 is 0.939 bits per heavy atom. The molecule has 0 aromatic heterocycles. The number of primary amides is 1. The molecule has 1 saturated heterocycles. The molecular formula is C30H34N2O. The van der Waals surface area contributed by atoms with E-state index in [4.69, 9.17) is 5.73 Å². The first-order valence-electron chi connectivity index (χ1n) is 12.3. The van der Waals surface area contributed by atoms with Crippen molar-refractivity contribution in [1.82, 2.24) is 4.90 Å². The van der Waals surface area contributed by atoms with E-state index >= 15 is 0 Å². The van der Waals surface area contributed by atoms with Crippen molar-refractivity contribution in [3.05, 3.63) is 107 Å². The van der Waals surface area contributed by atoms with E-state index in [1.165, 1.54) is 24.0 Å². The highest BCUT2D eigenvalue weighted by molar-refractivity contribution is 5.91. The van der Waals surface area contributed by atoms with Crippen LogP contribution in [0.4, 0.5) is 0 Å². The Morgan fingerprint density at radius 2 is 1.58 bits per heavy atom. The molecule has 0 bridgehead atoms. The normalized spacial score (nSPS) is 20.6. The highest BCUT2D eigenvalue weighted by Gasteiger charge is 2.49. The first kappa shape index (κ1) is 21.9. The first-order chi connectivity index (χ1) is 16.1. The highest BCUT2D eigenvalue weighted by atomic mass is 16.1. The van der Waals surface area contributed by atoms with E-state index in [0.717, 1.165) is 49.5 Å². The van der Waals surface area contributed by atoms with Gasteiger partial charge >= 0.3 is 0 Å². The quantitative estimate of drug-likeness (QED) is 0.578. The number of nitrogens with two attached hydrogens (primary N) is 1. The molecule has 2 N–H and O–H groups in total. The topological polar surface area (TPSA) is 46.3 Å². The zero-order chi connectivity index (χ0) is 22.8. The number of fused-ring (bicyclic) bond motifs is 1. The maximum atomic E-state index is 13.2. The predicted molar refractivity (Wildman–Crippen MR) is 134 cm³/mol. The van der Waals surface area contributed by atoms with Crippen LogP contribution in [0, 0.1) is 11.8 Å². The summed E-state index contributed by atoms with van der Waals surface area (Å²) in [6.07, 6.45) is 4.45. The summed E-state index contributed by atoms with van der Waals surface area (Å²) < 4.78 is 0. The standard InChI is InChI=1S/C30H34N2O/c1-22-18-24-13-12-23(20-25(24)19-22)14-16-32-17-15-28(21-32)30(29(31)33,26-8-4-2-5-9-26)27-10-6-3-7-11-27/h2-13,20,22,28H,14-19,21H2,1H3,(H2,31,33). The fourth-order valence-electron chi connectivity index (χ4n) is 6.25. The van der Waals surface area contributed by atoms with E-state index in [1.807, 2.05) is 36.4 Å². The molecule has 1 heterocycles. The maximum Gasteiger partial charge on any atom is 0.232 e. The van der Waals surface area contributed by atoms with Gasteiger partial charge in [0.2, 0.25) is 5.91 Å². The van der Waals surface area contributed by atoms with E-state index in [-0.39, 0.29) is 11.8 Å². The molecule has 2 atom stereocenters. The number of hydrogen-bond acceptors (Lipinski definition) is 2.